The van der Waals surface area contributed by atoms with Gasteiger partial charge < -0.3 is 9.88 Å². The van der Waals surface area contributed by atoms with Crippen molar-refractivity contribution in [3.8, 4) is 11.5 Å². The summed E-state index contributed by atoms with van der Waals surface area (Å²) in [5.41, 5.74) is 5.07. The number of alkyl halides is 2. The van der Waals surface area contributed by atoms with Crippen molar-refractivity contribution in [3.63, 3.8) is 0 Å². The van der Waals surface area contributed by atoms with Crippen LogP contribution in [-0.2, 0) is 17.6 Å². The number of pyridine rings is 1. The van der Waals surface area contributed by atoms with Crippen LogP contribution in [0.2, 0.25) is 0 Å². The Morgan fingerprint density at radius 1 is 1.37 bits per heavy atom. The summed E-state index contributed by atoms with van der Waals surface area (Å²) in [7, 11) is 1.55. The monoisotopic (exact) mass is 416 g/mol. The van der Waals surface area contributed by atoms with Crippen molar-refractivity contribution in [2.75, 3.05) is 11.9 Å². The van der Waals surface area contributed by atoms with Crippen LogP contribution in [0.15, 0.2) is 12.3 Å². The molecule has 4 rings (SSSR count). The second kappa shape index (κ2) is 7.14. The Morgan fingerprint density at radius 3 is 2.87 bits per heavy atom. The van der Waals surface area contributed by atoms with E-state index in [0.717, 1.165) is 37.6 Å². The Kier molecular flexibility index (Phi) is 4.86. The molecule has 0 aromatic carbocycles. The first-order valence-electron chi connectivity index (χ1n) is 10.1. The van der Waals surface area contributed by atoms with Gasteiger partial charge in [0.05, 0.1) is 11.9 Å². The van der Waals surface area contributed by atoms with Gasteiger partial charge in [-0.2, -0.15) is 5.10 Å². The van der Waals surface area contributed by atoms with Gasteiger partial charge in [0, 0.05) is 31.1 Å². The summed E-state index contributed by atoms with van der Waals surface area (Å²) in [5.74, 6) is -2.63. The molecule has 1 aliphatic carbocycles. The van der Waals surface area contributed by atoms with Gasteiger partial charge in [0.15, 0.2) is 11.5 Å². The quantitative estimate of drug-likeness (QED) is 0.650. The number of H-pyrrole nitrogens is 2. The second-order valence-electron chi connectivity index (χ2n) is 9.04. The molecule has 0 bridgehead atoms. The summed E-state index contributed by atoms with van der Waals surface area (Å²) in [4.78, 5) is 25.8. The Hall–Kier alpha value is -2.84. The molecule has 3 heterocycles. The molecule has 0 atom stereocenters. The molecule has 0 saturated carbocycles. The number of hydrogen-bond acceptors (Lipinski definition) is 4. The van der Waals surface area contributed by atoms with Gasteiger partial charge in [-0.05, 0) is 37.7 Å². The van der Waals surface area contributed by atoms with Crippen LogP contribution in [0.4, 0.5) is 14.5 Å². The number of anilines is 1. The van der Waals surface area contributed by atoms with E-state index in [1.165, 1.54) is 16.7 Å². The molecular formula is C21H26F2N6O. The lowest BCUT2D eigenvalue weighted by molar-refractivity contribution is -0.120. The number of hydrogen-bond donors (Lipinski definition) is 2. The number of rotatable bonds is 5. The molecule has 0 spiro atoms. The molecule has 2 N–H and O–H groups in total. The van der Waals surface area contributed by atoms with Gasteiger partial charge >= 0.3 is 0 Å². The van der Waals surface area contributed by atoms with Crippen LogP contribution in [0, 0.1) is 5.41 Å². The molecule has 0 saturated heterocycles. The topological polar surface area (TPSA) is 90.6 Å². The van der Waals surface area contributed by atoms with Crippen molar-refractivity contribution >= 4 is 22.8 Å². The molecule has 7 nitrogen and oxygen atoms in total. The zero-order valence-electron chi connectivity index (χ0n) is 17.6. The van der Waals surface area contributed by atoms with Crippen molar-refractivity contribution in [1.29, 1.82) is 0 Å². The van der Waals surface area contributed by atoms with Crippen LogP contribution in [0.25, 0.3) is 22.7 Å². The highest BCUT2D eigenvalue weighted by Crippen LogP contribution is 2.37. The average Bonchev–Trinajstić information content (AvgIpc) is 3.26. The predicted molar refractivity (Wildman–Crippen MR) is 111 cm³/mol. The van der Waals surface area contributed by atoms with Crippen molar-refractivity contribution in [2.45, 2.75) is 58.8 Å². The number of fused-ring (bicyclic) bond motifs is 2. The van der Waals surface area contributed by atoms with Crippen LogP contribution in [-0.4, -0.2) is 44.0 Å². The normalized spacial score (nSPS) is 15.9. The van der Waals surface area contributed by atoms with Gasteiger partial charge in [0.1, 0.15) is 11.2 Å². The first-order chi connectivity index (χ1) is 14.0. The van der Waals surface area contributed by atoms with E-state index in [4.69, 9.17) is 0 Å². The molecule has 30 heavy (non-hydrogen) atoms. The van der Waals surface area contributed by atoms with Gasteiger partial charge in [-0.3, -0.25) is 9.89 Å². The number of aromatic amines is 2. The molecule has 0 aliphatic heterocycles. The molecular weight excluding hydrogens is 390 g/mol. The lowest BCUT2D eigenvalue weighted by Gasteiger charge is -2.28. The van der Waals surface area contributed by atoms with Gasteiger partial charge in [0.25, 0.3) is 0 Å². The molecule has 9 heteroatoms. The maximum atomic E-state index is 13.1. The Labute approximate surface area is 173 Å². The summed E-state index contributed by atoms with van der Waals surface area (Å²) in [6.45, 7) is 5.32. The van der Waals surface area contributed by atoms with Crippen LogP contribution in [0.3, 0.4) is 0 Å². The van der Waals surface area contributed by atoms with Crippen molar-refractivity contribution in [2.24, 2.45) is 5.41 Å². The number of halogens is 2. The Bertz CT molecular complexity index is 1090. The number of aromatic nitrogens is 5. The summed E-state index contributed by atoms with van der Waals surface area (Å²) in [5, 5.41) is 7.63. The average molecular weight is 416 g/mol. The summed E-state index contributed by atoms with van der Waals surface area (Å²) >= 11 is 0. The number of carbonyl (C=O) groups is 1. The SMILES string of the molecule is CN(C(=O)CCC(C)(F)F)c1cnc2[nH]c(-c3n[nH]c4c3CCC(C)(C)C4)nc2c1. The van der Waals surface area contributed by atoms with Gasteiger partial charge in [-0.15, -0.1) is 0 Å². The molecule has 0 unspecified atom stereocenters. The number of nitrogens with one attached hydrogen (secondary N) is 2. The van der Waals surface area contributed by atoms with Crippen LogP contribution in [0.5, 0.6) is 0 Å². The van der Waals surface area contributed by atoms with Crippen LogP contribution < -0.4 is 4.90 Å². The van der Waals surface area contributed by atoms with E-state index in [2.05, 4.69) is 39.0 Å². The van der Waals surface area contributed by atoms with E-state index in [1.54, 1.807) is 13.1 Å². The number of carbonyl (C=O) groups excluding carboxylic acids is 1. The molecule has 0 radical (unpaired) electrons. The highest BCUT2D eigenvalue weighted by Gasteiger charge is 2.30. The van der Waals surface area contributed by atoms with Gasteiger partial charge in [-0.25, -0.2) is 18.7 Å². The lowest BCUT2D eigenvalue weighted by atomic mass is 9.76. The molecule has 160 valence electrons. The maximum absolute atomic E-state index is 13.1. The van der Waals surface area contributed by atoms with Crippen LogP contribution >= 0.6 is 0 Å². The largest absolute Gasteiger partial charge is 0.321 e. The highest BCUT2D eigenvalue weighted by atomic mass is 19.3. The van der Waals surface area contributed by atoms with E-state index < -0.39 is 18.3 Å². The molecule has 1 amide bonds. The van der Waals surface area contributed by atoms with Gasteiger partial charge in [-0.1, -0.05) is 13.8 Å². The minimum atomic E-state index is -2.87. The minimum Gasteiger partial charge on any atom is -0.321 e. The highest BCUT2D eigenvalue weighted by molar-refractivity contribution is 5.94. The third-order valence-corrected chi connectivity index (χ3v) is 5.75. The predicted octanol–water partition coefficient (Wildman–Crippen LogP) is 4.26. The molecule has 1 aliphatic rings. The second-order valence-corrected chi connectivity index (χ2v) is 9.04. The first kappa shape index (κ1) is 20.4. The van der Waals surface area contributed by atoms with E-state index >= 15 is 0 Å². The van der Waals surface area contributed by atoms with E-state index in [0.29, 0.717) is 22.7 Å². The zero-order valence-corrected chi connectivity index (χ0v) is 17.6. The molecule has 3 aromatic rings. The fraction of sp³-hybridized carbons (Fsp3) is 0.524. The van der Waals surface area contributed by atoms with Gasteiger partial charge in [0.2, 0.25) is 11.8 Å². The minimum absolute atomic E-state index is 0.237. The van der Waals surface area contributed by atoms with Crippen molar-refractivity contribution < 1.29 is 13.6 Å². The van der Waals surface area contributed by atoms with Crippen molar-refractivity contribution in [3.05, 3.63) is 23.5 Å². The lowest BCUT2D eigenvalue weighted by Crippen LogP contribution is -2.27. The summed E-state index contributed by atoms with van der Waals surface area (Å²) in [6.07, 6.45) is 3.78. The summed E-state index contributed by atoms with van der Waals surface area (Å²) in [6, 6.07) is 1.73. The number of nitrogens with zero attached hydrogens (tertiary/aromatic N) is 4. The standard InChI is InChI=1S/C21H26F2N6O/c1-20(2)7-5-13-15(10-20)27-28-17(13)19-25-14-9-12(11-24-18(14)26-19)29(4)16(30)6-8-21(3,22)23/h9,11H,5-8,10H2,1-4H3,(H,27,28)(H,24,25,26). The summed E-state index contributed by atoms with van der Waals surface area (Å²) < 4.78 is 26.1. The van der Waals surface area contributed by atoms with Crippen LogP contribution in [0.1, 0.15) is 51.3 Å². The zero-order chi connectivity index (χ0) is 21.7. The smallest absolute Gasteiger partial charge is 0.245 e. The van der Waals surface area contributed by atoms with E-state index in [9.17, 15) is 13.6 Å². The Morgan fingerprint density at radius 2 is 2.13 bits per heavy atom. The fourth-order valence-electron chi connectivity index (χ4n) is 3.86. The molecule has 0 fully saturated rings. The van der Waals surface area contributed by atoms with E-state index in [1.807, 2.05) is 0 Å². The molecule has 3 aromatic heterocycles. The third kappa shape index (κ3) is 4.06. The first-order valence-corrected chi connectivity index (χ1v) is 10.1. The third-order valence-electron chi connectivity index (χ3n) is 5.75. The van der Waals surface area contributed by atoms with Crippen molar-refractivity contribution in [1.82, 2.24) is 25.1 Å². The maximum Gasteiger partial charge on any atom is 0.245 e. The fourth-order valence-corrected chi connectivity index (χ4v) is 3.86. The van der Waals surface area contributed by atoms with E-state index in [-0.39, 0.29) is 11.8 Å². The number of imidazole rings is 1. The number of amides is 1. The Balaban J connectivity index is 1.58.